The number of anilines is 1. The first-order valence-electron chi connectivity index (χ1n) is 7.34. The lowest BCUT2D eigenvalue weighted by Gasteiger charge is -2.15. The number of aromatic nitrogens is 4. The van der Waals surface area contributed by atoms with Gasteiger partial charge >= 0.3 is 6.18 Å². The van der Waals surface area contributed by atoms with Crippen molar-refractivity contribution in [1.29, 1.82) is 0 Å². The van der Waals surface area contributed by atoms with Crippen LogP contribution in [0.3, 0.4) is 0 Å². The van der Waals surface area contributed by atoms with E-state index in [4.69, 9.17) is 0 Å². The zero-order chi connectivity index (χ0) is 17.9. The predicted octanol–water partition coefficient (Wildman–Crippen LogP) is 2.83. The molecule has 0 amide bonds. The Balaban J connectivity index is 1.69. The molecule has 130 valence electrons. The molecule has 25 heavy (non-hydrogen) atoms. The SMILES string of the molecule is O[C@H](CNc1cncc(-n2cccn2)n1)c1cccc(C(F)(F)F)c1. The number of benzene rings is 1. The van der Waals surface area contributed by atoms with Gasteiger partial charge in [0, 0.05) is 18.9 Å². The predicted molar refractivity (Wildman–Crippen MR) is 84.0 cm³/mol. The maximum atomic E-state index is 12.7. The minimum absolute atomic E-state index is 0.0153. The summed E-state index contributed by atoms with van der Waals surface area (Å²) in [5.74, 6) is 0.850. The summed E-state index contributed by atoms with van der Waals surface area (Å²) in [6, 6.07) is 6.33. The van der Waals surface area contributed by atoms with Gasteiger partial charge in [-0.1, -0.05) is 12.1 Å². The first-order chi connectivity index (χ1) is 11.9. The highest BCUT2D eigenvalue weighted by Crippen LogP contribution is 2.30. The molecule has 9 heteroatoms. The van der Waals surface area contributed by atoms with Gasteiger partial charge in [-0.25, -0.2) is 9.67 Å². The van der Waals surface area contributed by atoms with Crippen molar-refractivity contribution in [2.75, 3.05) is 11.9 Å². The molecule has 2 N–H and O–H groups in total. The number of halogens is 3. The molecular formula is C16H14F3N5O. The Kier molecular flexibility index (Phi) is 4.66. The van der Waals surface area contributed by atoms with Crippen molar-refractivity contribution in [3.05, 3.63) is 66.2 Å². The third-order valence-corrected chi connectivity index (χ3v) is 3.44. The molecule has 3 rings (SSSR count). The fourth-order valence-corrected chi connectivity index (χ4v) is 2.20. The average molecular weight is 349 g/mol. The van der Waals surface area contributed by atoms with Crippen LogP contribution in [0.1, 0.15) is 17.2 Å². The van der Waals surface area contributed by atoms with Gasteiger partial charge in [-0.3, -0.25) is 4.98 Å². The van der Waals surface area contributed by atoms with E-state index in [-0.39, 0.29) is 12.1 Å². The molecule has 2 heterocycles. The second kappa shape index (κ2) is 6.89. The summed E-state index contributed by atoms with van der Waals surface area (Å²) in [6.45, 7) is -0.0153. The minimum atomic E-state index is -4.45. The molecule has 0 fully saturated rings. The monoisotopic (exact) mass is 349 g/mol. The van der Waals surface area contributed by atoms with Crippen molar-refractivity contribution in [2.24, 2.45) is 0 Å². The van der Waals surface area contributed by atoms with Gasteiger partial charge in [0.2, 0.25) is 0 Å². The minimum Gasteiger partial charge on any atom is -0.387 e. The Bertz CT molecular complexity index is 836. The van der Waals surface area contributed by atoms with E-state index in [2.05, 4.69) is 20.4 Å². The van der Waals surface area contributed by atoms with E-state index >= 15 is 0 Å². The number of aliphatic hydroxyl groups excluding tert-OH is 1. The molecule has 0 aliphatic heterocycles. The molecule has 2 aromatic heterocycles. The highest BCUT2D eigenvalue weighted by Gasteiger charge is 2.30. The fourth-order valence-electron chi connectivity index (χ4n) is 2.20. The maximum absolute atomic E-state index is 12.7. The van der Waals surface area contributed by atoms with Crippen LogP contribution in [-0.4, -0.2) is 31.4 Å². The Morgan fingerprint density at radius 3 is 2.76 bits per heavy atom. The number of aliphatic hydroxyl groups is 1. The molecule has 1 aromatic carbocycles. The summed E-state index contributed by atoms with van der Waals surface area (Å²) in [7, 11) is 0. The van der Waals surface area contributed by atoms with Crippen molar-refractivity contribution >= 4 is 5.82 Å². The first kappa shape index (κ1) is 16.9. The zero-order valence-electron chi connectivity index (χ0n) is 12.9. The number of hydrogen-bond donors (Lipinski definition) is 2. The number of alkyl halides is 3. The topological polar surface area (TPSA) is 75.9 Å². The number of hydrogen-bond acceptors (Lipinski definition) is 5. The molecule has 0 saturated heterocycles. The van der Waals surface area contributed by atoms with Gasteiger partial charge in [0.15, 0.2) is 5.82 Å². The summed E-state index contributed by atoms with van der Waals surface area (Å²) in [5.41, 5.74) is -0.636. The van der Waals surface area contributed by atoms with Crippen molar-refractivity contribution in [3.63, 3.8) is 0 Å². The average Bonchev–Trinajstić information content (AvgIpc) is 3.14. The van der Waals surface area contributed by atoms with Crippen LogP contribution in [0.4, 0.5) is 19.0 Å². The van der Waals surface area contributed by atoms with Crippen molar-refractivity contribution in [2.45, 2.75) is 12.3 Å². The molecule has 6 nitrogen and oxygen atoms in total. The van der Waals surface area contributed by atoms with Crippen LogP contribution in [0.15, 0.2) is 55.1 Å². The van der Waals surface area contributed by atoms with E-state index < -0.39 is 17.8 Å². The Labute approximate surface area is 141 Å². The van der Waals surface area contributed by atoms with E-state index in [1.54, 1.807) is 18.5 Å². The molecule has 0 aliphatic rings. The molecular weight excluding hydrogens is 335 g/mol. The van der Waals surface area contributed by atoms with Crippen LogP contribution in [0, 0.1) is 0 Å². The lowest BCUT2D eigenvalue weighted by molar-refractivity contribution is -0.137. The fraction of sp³-hybridized carbons (Fsp3) is 0.188. The highest BCUT2D eigenvalue weighted by atomic mass is 19.4. The molecule has 0 unspecified atom stereocenters. The van der Waals surface area contributed by atoms with Gasteiger partial charge < -0.3 is 10.4 Å². The van der Waals surface area contributed by atoms with Gasteiger partial charge in [0.1, 0.15) is 5.82 Å². The normalized spacial score (nSPS) is 12.8. The third-order valence-electron chi connectivity index (χ3n) is 3.44. The summed E-state index contributed by atoms with van der Waals surface area (Å²) in [4.78, 5) is 8.29. The Morgan fingerprint density at radius 2 is 2.04 bits per heavy atom. The van der Waals surface area contributed by atoms with E-state index in [0.717, 1.165) is 12.1 Å². The summed E-state index contributed by atoms with van der Waals surface area (Å²) >= 11 is 0. The van der Waals surface area contributed by atoms with E-state index in [0.29, 0.717) is 11.6 Å². The molecule has 0 bridgehead atoms. The standard InChI is InChI=1S/C16H14F3N5O/c17-16(18,19)12-4-1-3-11(7-12)13(25)8-21-14-9-20-10-15(23-14)24-6-2-5-22-24/h1-7,9-10,13,25H,8H2,(H,21,23)/t13-/m1/s1. The molecule has 1 atom stereocenters. The van der Waals surface area contributed by atoms with Crippen molar-refractivity contribution in [3.8, 4) is 5.82 Å². The molecule has 0 aliphatic carbocycles. The lowest BCUT2D eigenvalue weighted by atomic mass is 10.1. The third kappa shape index (κ3) is 4.13. The Hall–Kier alpha value is -2.94. The summed E-state index contributed by atoms with van der Waals surface area (Å²) in [6.07, 6.45) is 0.683. The quantitative estimate of drug-likeness (QED) is 0.741. The van der Waals surface area contributed by atoms with Gasteiger partial charge in [-0.15, -0.1) is 0 Å². The molecule has 0 saturated carbocycles. The summed E-state index contributed by atoms with van der Waals surface area (Å²) in [5, 5.41) is 17.0. The van der Waals surface area contributed by atoms with E-state index in [1.807, 2.05) is 0 Å². The number of nitrogens with one attached hydrogen (secondary N) is 1. The maximum Gasteiger partial charge on any atom is 0.416 e. The summed E-state index contributed by atoms with van der Waals surface area (Å²) < 4.78 is 39.7. The van der Waals surface area contributed by atoms with E-state index in [9.17, 15) is 18.3 Å². The first-order valence-corrected chi connectivity index (χ1v) is 7.34. The zero-order valence-corrected chi connectivity index (χ0v) is 12.9. The van der Waals surface area contributed by atoms with Gasteiger partial charge in [-0.05, 0) is 23.8 Å². The van der Waals surface area contributed by atoms with Crippen LogP contribution in [0.2, 0.25) is 0 Å². The second-order valence-corrected chi connectivity index (χ2v) is 5.23. The van der Waals surface area contributed by atoms with Crippen LogP contribution >= 0.6 is 0 Å². The number of nitrogens with zero attached hydrogens (tertiary/aromatic N) is 4. The Morgan fingerprint density at radius 1 is 1.20 bits per heavy atom. The largest absolute Gasteiger partial charge is 0.416 e. The van der Waals surface area contributed by atoms with Crippen molar-refractivity contribution < 1.29 is 18.3 Å². The second-order valence-electron chi connectivity index (χ2n) is 5.23. The molecule has 0 radical (unpaired) electrons. The smallest absolute Gasteiger partial charge is 0.387 e. The van der Waals surface area contributed by atoms with Crippen LogP contribution < -0.4 is 5.32 Å². The van der Waals surface area contributed by atoms with Gasteiger partial charge in [-0.2, -0.15) is 18.3 Å². The van der Waals surface area contributed by atoms with Crippen molar-refractivity contribution in [1.82, 2.24) is 19.7 Å². The molecule has 0 spiro atoms. The number of rotatable bonds is 5. The van der Waals surface area contributed by atoms with E-state index in [1.165, 1.54) is 29.2 Å². The van der Waals surface area contributed by atoms with Gasteiger partial charge in [0.05, 0.1) is 24.1 Å². The van der Waals surface area contributed by atoms with Crippen LogP contribution in [-0.2, 0) is 6.18 Å². The van der Waals surface area contributed by atoms with Gasteiger partial charge in [0.25, 0.3) is 0 Å². The molecule has 3 aromatic rings. The highest BCUT2D eigenvalue weighted by molar-refractivity contribution is 5.36. The van der Waals surface area contributed by atoms with Crippen LogP contribution in [0.25, 0.3) is 5.82 Å². The lowest BCUT2D eigenvalue weighted by Crippen LogP contribution is -2.15. The van der Waals surface area contributed by atoms with Crippen LogP contribution in [0.5, 0.6) is 0 Å².